The van der Waals surface area contributed by atoms with Gasteiger partial charge in [0.15, 0.2) is 0 Å². The van der Waals surface area contributed by atoms with Crippen LogP contribution in [0, 0.1) is 0 Å². The lowest BCUT2D eigenvalue weighted by Gasteiger charge is -2.18. The van der Waals surface area contributed by atoms with Gasteiger partial charge in [-0.15, -0.1) is 0 Å². The van der Waals surface area contributed by atoms with Crippen molar-refractivity contribution in [2.45, 2.75) is 12.3 Å². The van der Waals surface area contributed by atoms with Crippen LogP contribution in [0.15, 0.2) is 85.1 Å². The van der Waals surface area contributed by atoms with E-state index in [9.17, 15) is 4.79 Å². The number of nitrogens with zero attached hydrogens (tertiary/aromatic N) is 1. The Balaban J connectivity index is 1.56. The molecule has 1 heterocycles. The zero-order valence-corrected chi connectivity index (χ0v) is 14.2. The zero-order chi connectivity index (χ0) is 17.8. The Labute approximate surface area is 151 Å². The lowest BCUT2D eigenvalue weighted by atomic mass is 9.88. The Hall–Kier alpha value is -3.40. The molecule has 0 spiro atoms. The van der Waals surface area contributed by atoms with E-state index in [0.717, 1.165) is 27.7 Å². The van der Waals surface area contributed by atoms with Crippen molar-refractivity contribution in [2.24, 2.45) is 0 Å². The summed E-state index contributed by atoms with van der Waals surface area (Å²) < 4.78 is 0. The molecule has 0 atom stereocenters. The summed E-state index contributed by atoms with van der Waals surface area (Å²) in [6.07, 6.45) is 2.15. The Kier molecular flexibility index (Phi) is 4.48. The van der Waals surface area contributed by atoms with Crippen LogP contribution < -0.4 is 5.32 Å². The molecule has 4 aromatic rings. The number of hydrogen-bond acceptors (Lipinski definition) is 2. The number of carbonyl (C=O) groups is 1. The average molecular weight is 341 g/mol. The summed E-state index contributed by atoms with van der Waals surface area (Å²) in [4.78, 5) is 12.7. The standard InChI is InChI=1S/C22H19N3O/c26-22(24-19-12-11-18-15-23-25-21(18)13-19)14-20(16-7-3-1-4-8-16)17-9-5-2-6-10-17/h1-13,15,20H,14H2,(H,23,25)(H,24,26). The maximum absolute atomic E-state index is 12.7. The predicted molar refractivity (Wildman–Crippen MR) is 104 cm³/mol. The molecule has 0 saturated heterocycles. The number of hydrogen-bond donors (Lipinski definition) is 2. The topological polar surface area (TPSA) is 57.8 Å². The predicted octanol–water partition coefficient (Wildman–Crippen LogP) is 4.72. The van der Waals surface area contributed by atoms with Crippen molar-refractivity contribution in [3.63, 3.8) is 0 Å². The minimum atomic E-state index is -0.0124. The van der Waals surface area contributed by atoms with Crippen LogP contribution in [0.2, 0.25) is 0 Å². The van der Waals surface area contributed by atoms with Gasteiger partial charge < -0.3 is 5.32 Å². The number of aromatic nitrogens is 2. The molecule has 0 aliphatic carbocycles. The zero-order valence-electron chi connectivity index (χ0n) is 14.2. The summed E-state index contributed by atoms with van der Waals surface area (Å²) in [7, 11) is 0. The molecule has 0 aliphatic rings. The van der Waals surface area contributed by atoms with Crippen molar-refractivity contribution in [2.75, 3.05) is 5.32 Å². The largest absolute Gasteiger partial charge is 0.326 e. The highest BCUT2D eigenvalue weighted by atomic mass is 16.1. The van der Waals surface area contributed by atoms with E-state index in [-0.39, 0.29) is 11.8 Å². The highest BCUT2D eigenvalue weighted by Gasteiger charge is 2.18. The van der Waals surface area contributed by atoms with Gasteiger partial charge in [0, 0.05) is 23.4 Å². The minimum absolute atomic E-state index is 0.0124. The minimum Gasteiger partial charge on any atom is -0.326 e. The molecule has 4 heteroatoms. The lowest BCUT2D eigenvalue weighted by Crippen LogP contribution is -2.16. The van der Waals surface area contributed by atoms with Gasteiger partial charge in [0.2, 0.25) is 5.91 Å². The molecule has 3 aromatic carbocycles. The molecular formula is C22H19N3O. The first-order valence-corrected chi connectivity index (χ1v) is 8.62. The van der Waals surface area contributed by atoms with E-state index >= 15 is 0 Å². The summed E-state index contributed by atoms with van der Waals surface area (Å²) in [6, 6.07) is 26.1. The summed E-state index contributed by atoms with van der Waals surface area (Å²) in [6.45, 7) is 0. The molecular weight excluding hydrogens is 322 g/mol. The fourth-order valence-electron chi connectivity index (χ4n) is 3.21. The van der Waals surface area contributed by atoms with Crippen LogP contribution in [0.4, 0.5) is 5.69 Å². The highest BCUT2D eigenvalue weighted by molar-refractivity contribution is 5.94. The molecule has 1 aromatic heterocycles. The van der Waals surface area contributed by atoms with Crippen LogP contribution in [0.5, 0.6) is 0 Å². The quantitative estimate of drug-likeness (QED) is 0.552. The third kappa shape index (κ3) is 3.49. The van der Waals surface area contributed by atoms with Crippen molar-refractivity contribution in [3.05, 3.63) is 96.2 Å². The van der Waals surface area contributed by atoms with Gasteiger partial charge in [-0.05, 0) is 29.3 Å². The van der Waals surface area contributed by atoms with Crippen molar-refractivity contribution in [1.82, 2.24) is 10.2 Å². The molecule has 2 N–H and O–H groups in total. The Bertz CT molecular complexity index is 970. The SMILES string of the molecule is O=C(CC(c1ccccc1)c1ccccc1)Nc1ccc2cn[nH]c2c1. The van der Waals surface area contributed by atoms with Crippen LogP contribution in [-0.2, 0) is 4.79 Å². The fraction of sp³-hybridized carbons (Fsp3) is 0.0909. The third-order valence-electron chi connectivity index (χ3n) is 4.52. The van der Waals surface area contributed by atoms with Crippen LogP contribution in [-0.4, -0.2) is 16.1 Å². The summed E-state index contributed by atoms with van der Waals surface area (Å²) >= 11 is 0. The maximum atomic E-state index is 12.7. The second-order valence-electron chi connectivity index (χ2n) is 6.30. The van der Waals surface area contributed by atoms with E-state index in [0.29, 0.717) is 6.42 Å². The normalized spacial score (nSPS) is 11.0. The number of benzene rings is 3. The molecule has 0 saturated carbocycles. The summed E-state index contributed by atoms with van der Waals surface area (Å²) in [5.74, 6) is 0.00913. The number of aromatic amines is 1. The molecule has 26 heavy (non-hydrogen) atoms. The van der Waals surface area contributed by atoms with Crippen molar-refractivity contribution in [3.8, 4) is 0 Å². The monoisotopic (exact) mass is 341 g/mol. The third-order valence-corrected chi connectivity index (χ3v) is 4.52. The van der Waals surface area contributed by atoms with E-state index in [1.807, 2.05) is 54.6 Å². The smallest absolute Gasteiger partial charge is 0.225 e. The molecule has 0 bridgehead atoms. The number of amides is 1. The second kappa shape index (κ2) is 7.23. The molecule has 4 rings (SSSR count). The van der Waals surface area contributed by atoms with Gasteiger partial charge in [0.05, 0.1) is 11.7 Å². The molecule has 1 amide bonds. The fourth-order valence-corrected chi connectivity index (χ4v) is 3.21. The first-order chi connectivity index (χ1) is 12.8. The Morgan fingerprint density at radius 3 is 2.23 bits per heavy atom. The highest BCUT2D eigenvalue weighted by Crippen LogP contribution is 2.28. The number of anilines is 1. The second-order valence-corrected chi connectivity index (χ2v) is 6.30. The van der Waals surface area contributed by atoms with E-state index in [1.54, 1.807) is 6.20 Å². The summed E-state index contributed by atoms with van der Waals surface area (Å²) in [5.41, 5.74) is 3.95. The molecule has 0 aliphatic heterocycles. The van der Waals surface area contributed by atoms with Crippen molar-refractivity contribution in [1.29, 1.82) is 0 Å². The molecule has 0 unspecified atom stereocenters. The van der Waals surface area contributed by atoms with Gasteiger partial charge in [0.1, 0.15) is 0 Å². The van der Waals surface area contributed by atoms with E-state index < -0.39 is 0 Å². The van der Waals surface area contributed by atoms with Crippen LogP contribution >= 0.6 is 0 Å². The van der Waals surface area contributed by atoms with Gasteiger partial charge in [0.25, 0.3) is 0 Å². The molecule has 4 nitrogen and oxygen atoms in total. The Morgan fingerprint density at radius 2 is 1.58 bits per heavy atom. The molecule has 0 fully saturated rings. The van der Waals surface area contributed by atoms with Gasteiger partial charge >= 0.3 is 0 Å². The number of H-pyrrole nitrogens is 1. The molecule has 0 radical (unpaired) electrons. The van der Waals surface area contributed by atoms with Gasteiger partial charge in [-0.2, -0.15) is 5.10 Å². The number of nitrogens with one attached hydrogen (secondary N) is 2. The van der Waals surface area contributed by atoms with Crippen molar-refractivity contribution < 1.29 is 4.79 Å². The number of carbonyl (C=O) groups excluding carboxylic acids is 1. The van der Waals surface area contributed by atoms with E-state index in [2.05, 4.69) is 39.8 Å². The maximum Gasteiger partial charge on any atom is 0.225 e. The van der Waals surface area contributed by atoms with Crippen LogP contribution in [0.1, 0.15) is 23.5 Å². The van der Waals surface area contributed by atoms with Gasteiger partial charge in [-0.3, -0.25) is 9.89 Å². The lowest BCUT2D eigenvalue weighted by molar-refractivity contribution is -0.116. The Morgan fingerprint density at radius 1 is 0.923 bits per heavy atom. The van der Waals surface area contributed by atoms with Crippen LogP contribution in [0.3, 0.4) is 0 Å². The van der Waals surface area contributed by atoms with Crippen LogP contribution in [0.25, 0.3) is 10.9 Å². The van der Waals surface area contributed by atoms with Gasteiger partial charge in [-0.25, -0.2) is 0 Å². The van der Waals surface area contributed by atoms with E-state index in [1.165, 1.54) is 0 Å². The van der Waals surface area contributed by atoms with Crippen molar-refractivity contribution >= 4 is 22.5 Å². The van der Waals surface area contributed by atoms with Gasteiger partial charge in [-0.1, -0.05) is 60.7 Å². The average Bonchev–Trinajstić information content (AvgIpc) is 3.15. The first-order valence-electron chi connectivity index (χ1n) is 8.62. The molecule has 128 valence electrons. The number of fused-ring (bicyclic) bond motifs is 1. The first kappa shape index (κ1) is 16.1. The number of rotatable bonds is 5. The van der Waals surface area contributed by atoms with E-state index in [4.69, 9.17) is 0 Å². The summed E-state index contributed by atoms with van der Waals surface area (Å²) in [5, 5.41) is 11.0.